The summed E-state index contributed by atoms with van der Waals surface area (Å²) in [6, 6.07) is 0. The Balaban J connectivity index is 2.23. The van der Waals surface area contributed by atoms with Gasteiger partial charge in [0, 0.05) is 5.38 Å². The van der Waals surface area contributed by atoms with Crippen molar-refractivity contribution in [2.75, 3.05) is 18.5 Å². The lowest BCUT2D eigenvalue weighted by Gasteiger charge is -2.07. The van der Waals surface area contributed by atoms with Crippen LogP contribution in [0.4, 0.5) is 5.00 Å². The quantitative estimate of drug-likeness (QED) is 0.697. The molecular formula is C13H15N5O5S. The second-order valence-electron chi connectivity index (χ2n) is 4.35. The molecule has 0 aliphatic carbocycles. The van der Waals surface area contributed by atoms with Gasteiger partial charge in [-0.3, -0.25) is 4.79 Å². The number of H-pyrrole nitrogens is 1. The van der Waals surface area contributed by atoms with E-state index in [-0.39, 0.29) is 41.6 Å². The van der Waals surface area contributed by atoms with E-state index in [4.69, 9.17) is 9.47 Å². The van der Waals surface area contributed by atoms with Crippen LogP contribution in [0.1, 0.15) is 40.4 Å². The molecule has 0 bridgehead atoms. The Morgan fingerprint density at radius 3 is 2.54 bits per heavy atom. The van der Waals surface area contributed by atoms with E-state index in [1.807, 2.05) is 0 Å². The Kier molecular flexibility index (Phi) is 5.95. The van der Waals surface area contributed by atoms with Gasteiger partial charge < -0.3 is 14.8 Å². The van der Waals surface area contributed by atoms with E-state index < -0.39 is 17.8 Å². The van der Waals surface area contributed by atoms with Crippen LogP contribution in [0, 0.1) is 0 Å². The molecule has 10 nitrogen and oxygen atoms in total. The summed E-state index contributed by atoms with van der Waals surface area (Å²) < 4.78 is 9.87. The van der Waals surface area contributed by atoms with Crippen molar-refractivity contribution < 1.29 is 23.9 Å². The highest BCUT2D eigenvalue weighted by atomic mass is 32.1. The maximum Gasteiger partial charge on any atom is 0.342 e. The number of nitrogens with one attached hydrogen (secondary N) is 2. The summed E-state index contributed by atoms with van der Waals surface area (Å²) >= 11 is 1.03. The average Bonchev–Trinajstić information content (AvgIpc) is 3.17. The Morgan fingerprint density at radius 2 is 1.92 bits per heavy atom. The highest BCUT2D eigenvalue weighted by molar-refractivity contribution is 7.15. The molecule has 0 saturated heterocycles. The second kappa shape index (κ2) is 8.15. The number of aromatic amines is 1. The van der Waals surface area contributed by atoms with Gasteiger partial charge in [-0.25, -0.2) is 9.59 Å². The van der Waals surface area contributed by atoms with Crippen molar-refractivity contribution in [3.05, 3.63) is 22.3 Å². The summed E-state index contributed by atoms with van der Waals surface area (Å²) in [7, 11) is 0. The van der Waals surface area contributed by atoms with Crippen molar-refractivity contribution >= 4 is 34.2 Å². The van der Waals surface area contributed by atoms with Crippen molar-refractivity contribution in [1.82, 2.24) is 20.6 Å². The zero-order valence-corrected chi connectivity index (χ0v) is 13.8. The van der Waals surface area contributed by atoms with E-state index in [0.717, 1.165) is 11.3 Å². The fourth-order valence-corrected chi connectivity index (χ4v) is 2.72. The first-order chi connectivity index (χ1) is 11.6. The molecule has 0 fully saturated rings. The van der Waals surface area contributed by atoms with Crippen molar-refractivity contribution in [3.8, 4) is 0 Å². The molecule has 0 unspecified atom stereocenters. The maximum atomic E-state index is 12.1. The van der Waals surface area contributed by atoms with Crippen LogP contribution in [0.15, 0.2) is 5.38 Å². The number of esters is 2. The molecule has 2 N–H and O–H groups in total. The van der Waals surface area contributed by atoms with Crippen LogP contribution in [-0.4, -0.2) is 51.7 Å². The van der Waals surface area contributed by atoms with Gasteiger partial charge in [-0.1, -0.05) is 5.21 Å². The number of anilines is 1. The fourth-order valence-electron chi connectivity index (χ4n) is 1.79. The van der Waals surface area contributed by atoms with Gasteiger partial charge in [0.05, 0.1) is 25.2 Å². The summed E-state index contributed by atoms with van der Waals surface area (Å²) in [5, 5.41) is 17.1. The van der Waals surface area contributed by atoms with E-state index >= 15 is 0 Å². The first-order valence-corrected chi connectivity index (χ1v) is 7.92. The van der Waals surface area contributed by atoms with E-state index in [0.29, 0.717) is 0 Å². The molecule has 0 saturated carbocycles. The summed E-state index contributed by atoms with van der Waals surface area (Å²) in [6.45, 7) is 3.59. The molecule has 11 heteroatoms. The molecule has 1 amide bonds. The summed E-state index contributed by atoms with van der Waals surface area (Å²) in [4.78, 5) is 36.1. The smallest absolute Gasteiger partial charge is 0.342 e. The highest BCUT2D eigenvalue weighted by Gasteiger charge is 2.26. The molecule has 2 rings (SSSR count). The fraction of sp³-hybridized carbons (Fsp3) is 0.385. The molecule has 0 aliphatic heterocycles. The van der Waals surface area contributed by atoms with Crippen molar-refractivity contribution in [3.63, 3.8) is 0 Å². The standard InChI is InChI=1S/C13H15N5O5S/c1-3-22-12(20)7-6-24-11(10(7)13(21)23-4-2)14-9(19)5-8-15-17-18-16-8/h6H,3-5H2,1-2H3,(H,14,19)(H,15,16,17,18). The van der Waals surface area contributed by atoms with Gasteiger partial charge >= 0.3 is 11.9 Å². The van der Waals surface area contributed by atoms with E-state index in [1.165, 1.54) is 5.38 Å². The SMILES string of the molecule is CCOC(=O)c1csc(NC(=O)Cc2nn[nH]n2)c1C(=O)OCC. The minimum atomic E-state index is -0.711. The van der Waals surface area contributed by atoms with Crippen LogP contribution in [0.2, 0.25) is 0 Å². The lowest BCUT2D eigenvalue weighted by molar-refractivity contribution is -0.115. The van der Waals surface area contributed by atoms with Crippen LogP contribution >= 0.6 is 11.3 Å². The number of tetrazole rings is 1. The zero-order valence-electron chi connectivity index (χ0n) is 13.0. The first-order valence-electron chi connectivity index (χ1n) is 7.04. The van der Waals surface area contributed by atoms with Gasteiger partial charge in [-0.05, 0) is 13.8 Å². The molecule has 0 spiro atoms. The summed E-state index contributed by atoms with van der Waals surface area (Å²) in [5.74, 6) is -1.63. The average molecular weight is 353 g/mol. The third kappa shape index (κ3) is 4.13. The molecular weight excluding hydrogens is 338 g/mol. The number of rotatable bonds is 7. The lowest BCUT2D eigenvalue weighted by atomic mass is 10.2. The first kappa shape index (κ1) is 17.5. The molecule has 0 aromatic carbocycles. The Bertz CT molecular complexity index is 727. The number of thiophene rings is 1. The number of amides is 1. The Hall–Kier alpha value is -2.82. The van der Waals surface area contributed by atoms with E-state index in [1.54, 1.807) is 13.8 Å². The largest absolute Gasteiger partial charge is 0.462 e. The molecule has 2 aromatic heterocycles. The van der Waals surface area contributed by atoms with Crippen molar-refractivity contribution in [2.24, 2.45) is 0 Å². The molecule has 0 radical (unpaired) electrons. The van der Waals surface area contributed by atoms with Crippen molar-refractivity contribution in [1.29, 1.82) is 0 Å². The highest BCUT2D eigenvalue weighted by Crippen LogP contribution is 2.30. The van der Waals surface area contributed by atoms with E-state index in [9.17, 15) is 14.4 Å². The predicted octanol–water partition coefficient (Wildman–Crippen LogP) is 0.796. The second-order valence-corrected chi connectivity index (χ2v) is 5.23. The molecule has 0 atom stereocenters. The van der Waals surface area contributed by atoms with Gasteiger partial charge in [-0.15, -0.1) is 21.5 Å². The number of hydrogen-bond donors (Lipinski definition) is 2. The molecule has 24 heavy (non-hydrogen) atoms. The van der Waals surface area contributed by atoms with Crippen LogP contribution in [0.3, 0.4) is 0 Å². The third-order valence-corrected chi connectivity index (χ3v) is 3.62. The Labute approximate surface area is 140 Å². The topological polar surface area (TPSA) is 136 Å². The molecule has 0 aliphatic rings. The Morgan fingerprint density at radius 1 is 1.21 bits per heavy atom. The minimum absolute atomic E-state index is 0.0261. The minimum Gasteiger partial charge on any atom is -0.462 e. The number of carbonyl (C=O) groups excluding carboxylic acids is 3. The monoisotopic (exact) mass is 353 g/mol. The summed E-state index contributed by atoms with van der Waals surface area (Å²) in [6.07, 6.45) is -0.134. The lowest BCUT2D eigenvalue weighted by Crippen LogP contribution is -2.18. The van der Waals surface area contributed by atoms with Crippen LogP contribution in [0.25, 0.3) is 0 Å². The van der Waals surface area contributed by atoms with Gasteiger partial charge in [0.25, 0.3) is 0 Å². The van der Waals surface area contributed by atoms with E-state index in [2.05, 4.69) is 25.9 Å². The van der Waals surface area contributed by atoms with Crippen molar-refractivity contribution in [2.45, 2.75) is 20.3 Å². The van der Waals surface area contributed by atoms with Gasteiger partial charge in [0.15, 0.2) is 5.82 Å². The van der Waals surface area contributed by atoms with Crippen LogP contribution in [0.5, 0.6) is 0 Å². The normalized spacial score (nSPS) is 10.2. The maximum absolute atomic E-state index is 12.1. The third-order valence-electron chi connectivity index (χ3n) is 2.73. The number of carbonyl (C=O) groups is 3. The van der Waals surface area contributed by atoms with Crippen LogP contribution in [-0.2, 0) is 20.7 Å². The number of ether oxygens (including phenoxy) is 2. The summed E-state index contributed by atoms with van der Waals surface area (Å²) in [5.41, 5.74) is 0.0249. The zero-order chi connectivity index (χ0) is 17.5. The van der Waals surface area contributed by atoms with Gasteiger partial charge in [0.1, 0.15) is 10.6 Å². The predicted molar refractivity (Wildman–Crippen MR) is 82.7 cm³/mol. The van der Waals surface area contributed by atoms with Gasteiger partial charge in [0.2, 0.25) is 5.91 Å². The van der Waals surface area contributed by atoms with Gasteiger partial charge in [-0.2, -0.15) is 5.21 Å². The number of nitrogens with zero attached hydrogens (tertiary/aromatic N) is 3. The molecule has 2 heterocycles. The van der Waals surface area contributed by atoms with Crippen LogP contribution < -0.4 is 5.32 Å². The molecule has 128 valence electrons. The molecule has 2 aromatic rings. The number of hydrogen-bond acceptors (Lipinski definition) is 9. The number of aromatic nitrogens is 4.